The van der Waals surface area contributed by atoms with Crippen molar-refractivity contribution in [2.24, 2.45) is 0 Å². The van der Waals surface area contributed by atoms with E-state index >= 15 is 0 Å². The number of amides is 1. The van der Waals surface area contributed by atoms with Crippen molar-refractivity contribution in [1.82, 2.24) is 10.6 Å². The zero-order valence-electron chi connectivity index (χ0n) is 13.0. The van der Waals surface area contributed by atoms with Crippen molar-refractivity contribution >= 4 is 5.91 Å². The van der Waals surface area contributed by atoms with Crippen LogP contribution in [0.1, 0.15) is 33.6 Å². The van der Waals surface area contributed by atoms with Crippen LogP contribution in [0.5, 0.6) is 0 Å². The smallest absolute Gasteiger partial charge is 0.234 e. The van der Waals surface area contributed by atoms with Gasteiger partial charge in [-0.2, -0.15) is 0 Å². The Labute approximate surface area is 122 Å². The fraction of sp³-hybridized carbons (Fsp3) is 0.929. The molecule has 6 nitrogen and oxygen atoms in total. The SMILES string of the molecule is CCCCOCCOCC(O)CNCC(=O)NC(C)C. The van der Waals surface area contributed by atoms with Crippen molar-refractivity contribution in [1.29, 1.82) is 0 Å². The third-order valence-electron chi connectivity index (χ3n) is 2.44. The highest BCUT2D eigenvalue weighted by atomic mass is 16.5. The highest BCUT2D eigenvalue weighted by Crippen LogP contribution is 1.89. The fourth-order valence-corrected chi connectivity index (χ4v) is 1.47. The summed E-state index contributed by atoms with van der Waals surface area (Å²) >= 11 is 0. The van der Waals surface area contributed by atoms with Crippen LogP contribution < -0.4 is 10.6 Å². The number of nitrogens with one attached hydrogen (secondary N) is 2. The maximum Gasteiger partial charge on any atom is 0.234 e. The lowest BCUT2D eigenvalue weighted by Crippen LogP contribution is -2.40. The van der Waals surface area contributed by atoms with Gasteiger partial charge in [0.05, 0.1) is 32.5 Å². The third kappa shape index (κ3) is 13.7. The number of aliphatic hydroxyl groups is 1. The summed E-state index contributed by atoms with van der Waals surface area (Å²) in [5.74, 6) is -0.0718. The molecule has 120 valence electrons. The molecule has 20 heavy (non-hydrogen) atoms. The van der Waals surface area contributed by atoms with Gasteiger partial charge in [0.25, 0.3) is 0 Å². The molecule has 0 aromatic heterocycles. The molecule has 1 unspecified atom stereocenters. The first-order chi connectivity index (χ1) is 9.56. The molecule has 0 aliphatic heterocycles. The quantitative estimate of drug-likeness (QED) is 0.425. The summed E-state index contributed by atoms with van der Waals surface area (Å²) in [4.78, 5) is 11.3. The lowest BCUT2D eigenvalue weighted by molar-refractivity contribution is -0.120. The van der Waals surface area contributed by atoms with Gasteiger partial charge >= 0.3 is 0 Å². The number of rotatable bonds is 13. The number of aliphatic hydroxyl groups excluding tert-OH is 1. The first-order valence-electron chi connectivity index (χ1n) is 7.39. The lowest BCUT2D eigenvalue weighted by Gasteiger charge is -2.13. The molecule has 0 aliphatic carbocycles. The Hall–Kier alpha value is -0.690. The van der Waals surface area contributed by atoms with Crippen LogP contribution in [0.15, 0.2) is 0 Å². The Morgan fingerprint density at radius 1 is 1.20 bits per heavy atom. The van der Waals surface area contributed by atoms with Crippen molar-refractivity contribution in [2.45, 2.75) is 45.8 Å². The van der Waals surface area contributed by atoms with Gasteiger partial charge in [0, 0.05) is 19.2 Å². The highest BCUT2D eigenvalue weighted by Gasteiger charge is 2.06. The molecule has 0 heterocycles. The van der Waals surface area contributed by atoms with Crippen LogP contribution in [0, 0.1) is 0 Å². The molecule has 6 heteroatoms. The fourth-order valence-electron chi connectivity index (χ4n) is 1.47. The largest absolute Gasteiger partial charge is 0.389 e. The minimum atomic E-state index is -0.613. The molecule has 0 rings (SSSR count). The Morgan fingerprint density at radius 2 is 1.90 bits per heavy atom. The molecule has 0 radical (unpaired) electrons. The minimum Gasteiger partial charge on any atom is -0.389 e. The number of ether oxygens (including phenoxy) is 2. The molecule has 3 N–H and O–H groups in total. The van der Waals surface area contributed by atoms with Gasteiger partial charge in [0.2, 0.25) is 5.91 Å². The van der Waals surface area contributed by atoms with Crippen molar-refractivity contribution in [3.05, 3.63) is 0 Å². The van der Waals surface area contributed by atoms with E-state index in [0.29, 0.717) is 19.8 Å². The minimum absolute atomic E-state index is 0.0718. The molecule has 1 amide bonds. The van der Waals surface area contributed by atoms with Gasteiger partial charge in [0.1, 0.15) is 0 Å². The lowest BCUT2D eigenvalue weighted by atomic mass is 10.3. The topological polar surface area (TPSA) is 79.8 Å². The first kappa shape index (κ1) is 19.3. The Bertz CT molecular complexity index is 237. The Morgan fingerprint density at radius 3 is 2.55 bits per heavy atom. The molecular formula is C14H30N2O4. The Balaban J connectivity index is 3.32. The molecule has 0 aliphatic rings. The third-order valence-corrected chi connectivity index (χ3v) is 2.44. The summed E-state index contributed by atoms with van der Waals surface area (Å²) in [6.45, 7) is 8.50. The molecule has 0 bridgehead atoms. The monoisotopic (exact) mass is 290 g/mol. The van der Waals surface area contributed by atoms with E-state index in [-0.39, 0.29) is 25.1 Å². The van der Waals surface area contributed by atoms with Gasteiger partial charge < -0.3 is 25.2 Å². The van der Waals surface area contributed by atoms with Crippen molar-refractivity contribution in [3.8, 4) is 0 Å². The van der Waals surface area contributed by atoms with E-state index in [1.165, 1.54) is 0 Å². The molecule has 0 saturated heterocycles. The number of carbonyl (C=O) groups excluding carboxylic acids is 1. The van der Waals surface area contributed by atoms with Crippen LogP contribution in [0.2, 0.25) is 0 Å². The van der Waals surface area contributed by atoms with Gasteiger partial charge in [-0.25, -0.2) is 0 Å². The number of carbonyl (C=O) groups is 1. The van der Waals surface area contributed by atoms with Gasteiger partial charge in [-0.3, -0.25) is 4.79 Å². The van der Waals surface area contributed by atoms with Gasteiger partial charge in [-0.15, -0.1) is 0 Å². The summed E-state index contributed by atoms with van der Waals surface area (Å²) in [5.41, 5.74) is 0. The van der Waals surface area contributed by atoms with E-state index in [1.807, 2.05) is 13.8 Å². The van der Waals surface area contributed by atoms with Crippen molar-refractivity contribution in [3.63, 3.8) is 0 Å². The van der Waals surface area contributed by atoms with E-state index in [9.17, 15) is 9.90 Å². The average Bonchev–Trinajstić information content (AvgIpc) is 2.36. The summed E-state index contributed by atoms with van der Waals surface area (Å²) < 4.78 is 10.6. The van der Waals surface area contributed by atoms with Crippen molar-refractivity contribution < 1.29 is 19.4 Å². The second-order valence-corrected chi connectivity index (χ2v) is 5.05. The second-order valence-electron chi connectivity index (χ2n) is 5.05. The Kier molecular flexibility index (Phi) is 12.8. The van der Waals surface area contributed by atoms with Gasteiger partial charge in [0.15, 0.2) is 0 Å². The molecule has 0 fully saturated rings. The van der Waals surface area contributed by atoms with E-state index in [4.69, 9.17) is 9.47 Å². The maximum atomic E-state index is 11.3. The predicted molar refractivity (Wildman–Crippen MR) is 78.7 cm³/mol. The van der Waals surface area contributed by atoms with E-state index in [1.54, 1.807) is 0 Å². The van der Waals surface area contributed by atoms with Crippen LogP contribution in [-0.4, -0.2) is 62.7 Å². The number of hydrogen-bond acceptors (Lipinski definition) is 5. The molecule has 1 atom stereocenters. The molecule has 0 aromatic rings. The van der Waals surface area contributed by atoms with E-state index < -0.39 is 6.10 Å². The number of unbranched alkanes of at least 4 members (excludes halogenated alkanes) is 1. The number of hydrogen-bond donors (Lipinski definition) is 3. The zero-order chi connectivity index (χ0) is 15.2. The summed E-state index contributed by atoms with van der Waals surface area (Å²) in [7, 11) is 0. The summed E-state index contributed by atoms with van der Waals surface area (Å²) in [6.07, 6.45) is 1.57. The van der Waals surface area contributed by atoms with Crippen LogP contribution in [0.25, 0.3) is 0 Å². The standard InChI is InChI=1S/C14H30N2O4/c1-4-5-6-19-7-8-20-11-13(17)9-15-10-14(18)16-12(2)3/h12-13,15,17H,4-11H2,1-3H3,(H,16,18). The van der Waals surface area contributed by atoms with Crippen LogP contribution in [0.3, 0.4) is 0 Å². The van der Waals surface area contributed by atoms with Crippen LogP contribution in [0.4, 0.5) is 0 Å². The van der Waals surface area contributed by atoms with E-state index in [2.05, 4.69) is 17.6 Å². The van der Waals surface area contributed by atoms with Crippen LogP contribution >= 0.6 is 0 Å². The molecule has 0 spiro atoms. The summed E-state index contributed by atoms with van der Waals surface area (Å²) in [6, 6.07) is 0.130. The predicted octanol–water partition coefficient (Wildman–Crippen LogP) is 0.295. The van der Waals surface area contributed by atoms with Gasteiger partial charge in [-0.1, -0.05) is 13.3 Å². The van der Waals surface area contributed by atoms with Crippen molar-refractivity contribution in [2.75, 3.05) is 39.5 Å². The molecule has 0 aromatic carbocycles. The molecule has 0 saturated carbocycles. The second kappa shape index (κ2) is 13.3. The highest BCUT2D eigenvalue weighted by molar-refractivity contribution is 5.78. The summed E-state index contributed by atoms with van der Waals surface area (Å²) in [5, 5.41) is 15.3. The maximum absolute atomic E-state index is 11.3. The normalized spacial score (nSPS) is 12.7. The van der Waals surface area contributed by atoms with Gasteiger partial charge in [-0.05, 0) is 20.3 Å². The molecular weight excluding hydrogens is 260 g/mol. The van der Waals surface area contributed by atoms with Crippen LogP contribution in [-0.2, 0) is 14.3 Å². The zero-order valence-corrected chi connectivity index (χ0v) is 13.0. The first-order valence-corrected chi connectivity index (χ1v) is 7.39. The average molecular weight is 290 g/mol. The van der Waals surface area contributed by atoms with E-state index in [0.717, 1.165) is 19.4 Å².